The van der Waals surface area contributed by atoms with Crippen molar-refractivity contribution in [3.8, 4) is 0 Å². The molecule has 0 fully saturated rings. The van der Waals surface area contributed by atoms with E-state index in [9.17, 15) is 0 Å². The molecule has 0 saturated carbocycles. The van der Waals surface area contributed by atoms with Gasteiger partial charge in [0, 0.05) is 25.7 Å². The second-order valence-corrected chi connectivity index (χ2v) is 4.76. The number of nitrogens with one attached hydrogen (secondary N) is 1. The minimum absolute atomic E-state index is 0.595. The van der Waals surface area contributed by atoms with Crippen LogP contribution in [0.3, 0.4) is 0 Å². The molecule has 0 aromatic carbocycles. The zero-order valence-corrected chi connectivity index (χ0v) is 11.9. The van der Waals surface area contributed by atoms with Gasteiger partial charge in [0.25, 0.3) is 0 Å². The van der Waals surface area contributed by atoms with Crippen LogP contribution in [0.25, 0.3) is 0 Å². The van der Waals surface area contributed by atoms with Crippen molar-refractivity contribution >= 4 is 0 Å². The molecule has 0 heterocycles. The van der Waals surface area contributed by atoms with Crippen molar-refractivity contribution in [3.63, 3.8) is 0 Å². The Morgan fingerprint density at radius 2 is 1.88 bits per heavy atom. The monoisotopic (exact) mass is 230 g/mol. The van der Waals surface area contributed by atoms with Crippen LogP contribution in [0.2, 0.25) is 0 Å². The molecule has 0 rings (SSSR count). The van der Waals surface area contributed by atoms with Gasteiger partial charge in [0.1, 0.15) is 0 Å². The summed E-state index contributed by atoms with van der Waals surface area (Å²) in [4.78, 5) is 2.56. The number of methoxy groups -OCH3 is 1. The van der Waals surface area contributed by atoms with Crippen LogP contribution in [-0.4, -0.2) is 50.8 Å². The zero-order chi connectivity index (χ0) is 12.6. The van der Waals surface area contributed by atoms with Crippen LogP contribution in [0.4, 0.5) is 0 Å². The number of rotatable bonds is 9. The molecule has 0 radical (unpaired) electrons. The van der Waals surface area contributed by atoms with Crippen molar-refractivity contribution in [1.82, 2.24) is 10.2 Å². The smallest absolute Gasteiger partial charge is 0.0589 e. The Morgan fingerprint density at radius 3 is 2.31 bits per heavy atom. The van der Waals surface area contributed by atoms with Crippen LogP contribution in [0.1, 0.15) is 34.1 Å². The molecule has 0 spiro atoms. The van der Waals surface area contributed by atoms with Crippen LogP contribution in [-0.2, 0) is 4.74 Å². The van der Waals surface area contributed by atoms with E-state index in [0.29, 0.717) is 18.0 Å². The standard InChI is InChI=1S/C13H30N2O/c1-7-12(3)15(8-9-16-6)13(4)11(2)10-14-5/h11-14H,7-10H2,1-6H3. The topological polar surface area (TPSA) is 24.5 Å². The first-order valence-corrected chi connectivity index (χ1v) is 6.47. The Bertz CT molecular complexity index is 164. The van der Waals surface area contributed by atoms with E-state index in [1.807, 2.05) is 7.05 Å². The molecule has 3 nitrogen and oxygen atoms in total. The third kappa shape index (κ3) is 5.28. The Kier molecular flexibility index (Phi) is 8.90. The first-order valence-electron chi connectivity index (χ1n) is 6.47. The van der Waals surface area contributed by atoms with Gasteiger partial charge in [0.2, 0.25) is 0 Å². The summed E-state index contributed by atoms with van der Waals surface area (Å²) >= 11 is 0. The van der Waals surface area contributed by atoms with E-state index < -0.39 is 0 Å². The molecule has 0 amide bonds. The van der Waals surface area contributed by atoms with Gasteiger partial charge < -0.3 is 10.1 Å². The molecule has 0 aliphatic rings. The molecule has 0 bridgehead atoms. The number of hydrogen-bond acceptors (Lipinski definition) is 3. The van der Waals surface area contributed by atoms with E-state index in [1.54, 1.807) is 7.11 Å². The molecular formula is C13H30N2O. The maximum Gasteiger partial charge on any atom is 0.0589 e. The van der Waals surface area contributed by atoms with E-state index in [4.69, 9.17) is 4.74 Å². The van der Waals surface area contributed by atoms with E-state index in [1.165, 1.54) is 6.42 Å². The number of ether oxygens (including phenoxy) is 1. The SMILES string of the molecule is CCC(C)N(CCOC)C(C)C(C)CNC. The van der Waals surface area contributed by atoms with Gasteiger partial charge in [-0.3, -0.25) is 4.90 Å². The second-order valence-electron chi connectivity index (χ2n) is 4.76. The maximum atomic E-state index is 5.20. The molecule has 98 valence electrons. The Labute approximate surface area is 102 Å². The summed E-state index contributed by atoms with van der Waals surface area (Å²) in [6.45, 7) is 12.1. The fraction of sp³-hybridized carbons (Fsp3) is 1.00. The first-order chi connectivity index (χ1) is 7.58. The van der Waals surface area contributed by atoms with Crippen molar-refractivity contribution in [2.75, 3.05) is 33.9 Å². The van der Waals surface area contributed by atoms with Gasteiger partial charge in [-0.1, -0.05) is 13.8 Å². The maximum absolute atomic E-state index is 5.20. The van der Waals surface area contributed by atoms with Crippen LogP contribution < -0.4 is 5.32 Å². The quantitative estimate of drug-likeness (QED) is 0.655. The molecule has 0 aliphatic heterocycles. The van der Waals surface area contributed by atoms with E-state index >= 15 is 0 Å². The van der Waals surface area contributed by atoms with Crippen LogP contribution in [0.15, 0.2) is 0 Å². The fourth-order valence-electron chi connectivity index (χ4n) is 2.08. The molecule has 3 unspecified atom stereocenters. The predicted octanol–water partition coefficient (Wildman–Crippen LogP) is 1.98. The van der Waals surface area contributed by atoms with Crippen LogP contribution >= 0.6 is 0 Å². The molecule has 3 heteroatoms. The molecule has 0 aliphatic carbocycles. The largest absolute Gasteiger partial charge is 0.383 e. The predicted molar refractivity (Wildman–Crippen MR) is 70.9 cm³/mol. The molecule has 3 atom stereocenters. The fourth-order valence-corrected chi connectivity index (χ4v) is 2.08. The summed E-state index contributed by atoms with van der Waals surface area (Å²) in [5.74, 6) is 0.663. The van der Waals surface area contributed by atoms with Gasteiger partial charge in [-0.25, -0.2) is 0 Å². The number of hydrogen-bond donors (Lipinski definition) is 1. The van der Waals surface area contributed by atoms with Gasteiger partial charge >= 0.3 is 0 Å². The van der Waals surface area contributed by atoms with Crippen LogP contribution in [0, 0.1) is 5.92 Å². The summed E-state index contributed by atoms with van der Waals surface area (Å²) in [7, 11) is 3.79. The summed E-state index contributed by atoms with van der Waals surface area (Å²) in [5, 5.41) is 3.26. The lowest BCUT2D eigenvalue weighted by atomic mass is 10.00. The summed E-state index contributed by atoms with van der Waals surface area (Å²) in [5.41, 5.74) is 0. The van der Waals surface area contributed by atoms with Gasteiger partial charge in [-0.15, -0.1) is 0 Å². The Morgan fingerprint density at radius 1 is 1.25 bits per heavy atom. The summed E-state index contributed by atoms with van der Waals surface area (Å²) in [6.07, 6.45) is 1.19. The average molecular weight is 230 g/mol. The zero-order valence-electron chi connectivity index (χ0n) is 11.9. The van der Waals surface area contributed by atoms with E-state index in [0.717, 1.165) is 19.7 Å². The van der Waals surface area contributed by atoms with Gasteiger partial charge in [0.05, 0.1) is 6.61 Å². The second kappa shape index (κ2) is 8.97. The Balaban J connectivity index is 4.35. The number of nitrogens with zero attached hydrogens (tertiary/aromatic N) is 1. The van der Waals surface area contributed by atoms with E-state index in [-0.39, 0.29) is 0 Å². The van der Waals surface area contributed by atoms with Crippen molar-refractivity contribution in [3.05, 3.63) is 0 Å². The molecule has 0 aromatic rings. The van der Waals surface area contributed by atoms with Gasteiger partial charge in [-0.2, -0.15) is 0 Å². The first kappa shape index (κ1) is 15.9. The lowest BCUT2D eigenvalue weighted by Gasteiger charge is -2.37. The molecule has 0 aromatic heterocycles. The van der Waals surface area contributed by atoms with Crippen molar-refractivity contribution in [1.29, 1.82) is 0 Å². The molecule has 16 heavy (non-hydrogen) atoms. The lowest BCUT2D eigenvalue weighted by molar-refractivity contribution is 0.0729. The highest BCUT2D eigenvalue weighted by atomic mass is 16.5. The normalized spacial score (nSPS) is 17.4. The third-order valence-corrected chi connectivity index (χ3v) is 3.58. The minimum Gasteiger partial charge on any atom is -0.383 e. The average Bonchev–Trinajstić information content (AvgIpc) is 2.29. The summed E-state index contributed by atoms with van der Waals surface area (Å²) < 4.78 is 5.20. The molecule has 0 saturated heterocycles. The van der Waals surface area contributed by atoms with Crippen molar-refractivity contribution in [2.24, 2.45) is 5.92 Å². The van der Waals surface area contributed by atoms with E-state index in [2.05, 4.69) is 37.9 Å². The lowest BCUT2D eigenvalue weighted by Crippen LogP contribution is -2.46. The minimum atomic E-state index is 0.595. The Hall–Kier alpha value is -0.120. The highest BCUT2D eigenvalue weighted by Crippen LogP contribution is 2.15. The molecular weight excluding hydrogens is 200 g/mol. The van der Waals surface area contributed by atoms with Crippen molar-refractivity contribution in [2.45, 2.75) is 46.2 Å². The van der Waals surface area contributed by atoms with Crippen LogP contribution in [0.5, 0.6) is 0 Å². The van der Waals surface area contributed by atoms with Gasteiger partial charge in [-0.05, 0) is 39.8 Å². The molecule has 1 N–H and O–H groups in total. The summed E-state index contributed by atoms with van der Waals surface area (Å²) in [6, 6.07) is 1.22. The van der Waals surface area contributed by atoms with Gasteiger partial charge in [0.15, 0.2) is 0 Å². The highest BCUT2D eigenvalue weighted by Gasteiger charge is 2.22. The highest BCUT2D eigenvalue weighted by molar-refractivity contribution is 4.77. The third-order valence-electron chi connectivity index (χ3n) is 3.58. The van der Waals surface area contributed by atoms with Crippen molar-refractivity contribution < 1.29 is 4.74 Å².